The Kier molecular flexibility index (Phi) is 3.32. The van der Waals surface area contributed by atoms with Gasteiger partial charge < -0.3 is 4.74 Å². The van der Waals surface area contributed by atoms with Crippen molar-refractivity contribution in [1.29, 1.82) is 0 Å². The molecule has 1 aliphatic carbocycles. The highest BCUT2D eigenvalue weighted by atomic mass is 35.5. The Bertz CT molecular complexity index is 1530. The van der Waals surface area contributed by atoms with Crippen LogP contribution >= 0.6 is 11.6 Å². The summed E-state index contributed by atoms with van der Waals surface area (Å²) in [4.78, 5) is 0. The number of fused-ring (bicyclic) bond motifs is 8. The van der Waals surface area contributed by atoms with Crippen LogP contribution < -0.4 is 4.74 Å². The molecular formula is C29H17ClO. The average molecular weight is 417 g/mol. The molecular weight excluding hydrogens is 400 g/mol. The standard InChI is InChI=1S/C29H17ClO/c30-19-15-16-27-25(17-19)29(23-12-3-4-14-26(23)31-27)22-11-2-1-9-20(22)21-10-5-7-18-8-6-13-24(29)28(18)21/h1-17H. The summed E-state index contributed by atoms with van der Waals surface area (Å²) in [5.41, 5.74) is 6.82. The van der Waals surface area contributed by atoms with Crippen LogP contribution in [-0.4, -0.2) is 0 Å². The number of para-hydroxylation sites is 1. The van der Waals surface area contributed by atoms with E-state index in [2.05, 4.69) is 84.9 Å². The molecule has 5 aromatic carbocycles. The second-order valence-electron chi connectivity index (χ2n) is 8.24. The van der Waals surface area contributed by atoms with Gasteiger partial charge in [0.15, 0.2) is 0 Å². The maximum atomic E-state index is 6.58. The largest absolute Gasteiger partial charge is 0.457 e. The highest BCUT2D eigenvalue weighted by Crippen LogP contribution is 2.61. The van der Waals surface area contributed by atoms with Crippen molar-refractivity contribution in [3.05, 3.63) is 130 Å². The number of hydrogen-bond donors (Lipinski definition) is 0. The summed E-state index contributed by atoms with van der Waals surface area (Å²) in [7, 11) is 0. The van der Waals surface area contributed by atoms with Gasteiger partial charge in [-0.1, -0.05) is 90.5 Å². The maximum Gasteiger partial charge on any atom is 0.132 e. The summed E-state index contributed by atoms with van der Waals surface area (Å²) < 4.78 is 6.40. The van der Waals surface area contributed by atoms with Gasteiger partial charge in [-0.05, 0) is 57.3 Å². The predicted molar refractivity (Wildman–Crippen MR) is 126 cm³/mol. The lowest BCUT2D eigenvalue weighted by molar-refractivity contribution is 0.435. The Balaban J connectivity index is 1.79. The fourth-order valence-electron chi connectivity index (χ4n) is 5.66. The molecule has 2 aliphatic rings. The fraction of sp³-hybridized carbons (Fsp3) is 0.0345. The van der Waals surface area contributed by atoms with E-state index in [4.69, 9.17) is 16.3 Å². The number of rotatable bonds is 0. The lowest BCUT2D eigenvalue weighted by Crippen LogP contribution is -2.36. The van der Waals surface area contributed by atoms with Gasteiger partial charge in [0.05, 0.1) is 5.41 Å². The molecule has 31 heavy (non-hydrogen) atoms. The monoisotopic (exact) mass is 416 g/mol. The number of halogens is 1. The molecule has 0 amide bonds. The third kappa shape index (κ3) is 2.07. The van der Waals surface area contributed by atoms with Gasteiger partial charge in [-0.25, -0.2) is 0 Å². The minimum Gasteiger partial charge on any atom is -0.457 e. The lowest BCUT2D eigenvalue weighted by atomic mass is 9.58. The van der Waals surface area contributed by atoms with Gasteiger partial charge in [-0.3, -0.25) is 0 Å². The summed E-state index contributed by atoms with van der Waals surface area (Å²) in [5, 5.41) is 3.26. The Hall–Kier alpha value is -3.55. The van der Waals surface area contributed by atoms with Gasteiger partial charge >= 0.3 is 0 Å². The van der Waals surface area contributed by atoms with E-state index in [0.717, 1.165) is 22.6 Å². The van der Waals surface area contributed by atoms with Gasteiger partial charge in [0.2, 0.25) is 0 Å². The molecule has 1 aliphatic heterocycles. The second kappa shape index (κ2) is 6.00. The molecule has 5 aromatic rings. The molecule has 0 fully saturated rings. The molecule has 7 rings (SSSR count). The molecule has 1 spiro atoms. The number of benzene rings is 5. The van der Waals surface area contributed by atoms with E-state index in [0.29, 0.717) is 5.02 Å². The van der Waals surface area contributed by atoms with Gasteiger partial charge in [-0.15, -0.1) is 0 Å². The number of hydrogen-bond acceptors (Lipinski definition) is 1. The SMILES string of the molecule is Clc1ccc2c(c1)C1(c3ccccc3O2)c2ccccc2-c2cccc3cccc1c23. The third-order valence-corrected chi connectivity index (χ3v) is 7.02. The Morgan fingerprint density at radius 3 is 2.13 bits per heavy atom. The average Bonchev–Trinajstić information content (AvgIpc) is 2.82. The van der Waals surface area contributed by atoms with Crippen molar-refractivity contribution in [1.82, 2.24) is 0 Å². The molecule has 1 nitrogen and oxygen atoms in total. The molecule has 146 valence electrons. The summed E-state index contributed by atoms with van der Waals surface area (Å²) >= 11 is 6.58. The van der Waals surface area contributed by atoms with Crippen LogP contribution in [0.2, 0.25) is 5.02 Å². The van der Waals surface area contributed by atoms with Crippen LogP contribution in [0.15, 0.2) is 103 Å². The topological polar surface area (TPSA) is 9.23 Å². The molecule has 1 atom stereocenters. The van der Waals surface area contributed by atoms with Crippen molar-refractivity contribution in [2.24, 2.45) is 0 Å². The van der Waals surface area contributed by atoms with Crippen LogP contribution in [0.5, 0.6) is 11.5 Å². The Labute approximate surface area is 185 Å². The molecule has 0 saturated carbocycles. The molecule has 1 heterocycles. The van der Waals surface area contributed by atoms with Crippen LogP contribution in [0.25, 0.3) is 21.9 Å². The highest BCUT2D eigenvalue weighted by Gasteiger charge is 2.49. The van der Waals surface area contributed by atoms with Gasteiger partial charge in [0, 0.05) is 16.1 Å². The van der Waals surface area contributed by atoms with Crippen molar-refractivity contribution < 1.29 is 4.74 Å². The van der Waals surface area contributed by atoms with E-state index in [9.17, 15) is 0 Å². The maximum absolute atomic E-state index is 6.58. The van der Waals surface area contributed by atoms with E-state index in [-0.39, 0.29) is 0 Å². The van der Waals surface area contributed by atoms with E-state index in [1.54, 1.807) is 0 Å². The Morgan fingerprint density at radius 1 is 0.548 bits per heavy atom. The first kappa shape index (κ1) is 17.2. The molecule has 0 N–H and O–H groups in total. The molecule has 0 bridgehead atoms. The van der Waals surface area contributed by atoms with Gasteiger partial charge in [0.1, 0.15) is 11.5 Å². The summed E-state index contributed by atoms with van der Waals surface area (Å²) in [5.74, 6) is 1.75. The van der Waals surface area contributed by atoms with Crippen LogP contribution in [0.3, 0.4) is 0 Å². The first-order valence-corrected chi connectivity index (χ1v) is 10.9. The fourth-order valence-corrected chi connectivity index (χ4v) is 5.83. The normalized spacial score (nSPS) is 17.6. The summed E-state index contributed by atoms with van der Waals surface area (Å²) in [6, 6.07) is 36.4. The van der Waals surface area contributed by atoms with Crippen LogP contribution in [0, 0.1) is 0 Å². The second-order valence-corrected chi connectivity index (χ2v) is 8.68. The smallest absolute Gasteiger partial charge is 0.132 e. The van der Waals surface area contributed by atoms with Crippen molar-refractivity contribution in [3.8, 4) is 22.6 Å². The van der Waals surface area contributed by atoms with E-state index >= 15 is 0 Å². The third-order valence-electron chi connectivity index (χ3n) is 6.79. The zero-order valence-electron chi connectivity index (χ0n) is 16.6. The first-order chi connectivity index (χ1) is 15.3. The summed E-state index contributed by atoms with van der Waals surface area (Å²) in [6.45, 7) is 0. The van der Waals surface area contributed by atoms with Gasteiger partial charge in [0.25, 0.3) is 0 Å². The molecule has 0 aromatic heterocycles. The number of ether oxygens (including phenoxy) is 1. The van der Waals surface area contributed by atoms with E-state index in [1.807, 2.05) is 18.2 Å². The molecule has 0 saturated heterocycles. The van der Waals surface area contributed by atoms with Crippen molar-refractivity contribution >= 4 is 22.4 Å². The van der Waals surface area contributed by atoms with E-state index < -0.39 is 5.41 Å². The lowest BCUT2D eigenvalue weighted by Gasteiger charge is -2.45. The predicted octanol–water partition coefficient (Wildman–Crippen LogP) is 7.96. The van der Waals surface area contributed by atoms with Gasteiger partial charge in [-0.2, -0.15) is 0 Å². The Morgan fingerprint density at radius 2 is 1.23 bits per heavy atom. The first-order valence-electron chi connectivity index (χ1n) is 10.5. The molecule has 1 unspecified atom stereocenters. The van der Waals surface area contributed by atoms with Crippen molar-refractivity contribution in [2.75, 3.05) is 0 Å². The van der Waals surface area contributed by atoms with E-state index in [1.165, 1.54) is 33.0 Å². The van der Waals surface area contributed by atoms with Crippen LogP contribution in [0.1, 0.15) is 22.3 Å². The van der Waals surface area contributed by atoms with Crippen molar-refractivity contribution in [3.63, 3.8) is 0 Å². The minimum atomic E-state index is -0.500. The van der Waals surface area contributed by atoms with Crippen molar-refractivity contribution in [2.45, 2.75) is 5.41 Å². The highest BCUT2D eigenvalue weighted by molar-refractivity contribution is 6.30. The minimum absolute atomic E-state index is 0.500. The quantitative estimate of drug-likeness (QED) is 0.243. The zero-order chi connectivity index (χ0) is 20.6. The molecule has 2 heteroatoms. The van der Waals surface area contributed by atoms with Crippen LogP contribution in [0.4, 0.5) is 0 Å². The zero-order valence-corrected chi connectivity index (χ0v) is 17.4. The summed E-state index contributed by atoms with van der Waals surface area (Å²) in [6.07, 6.45) is 0. The molecule has 0 radical (unpaired) electrons. The van der Waals surface area contributed by atoms with Crippen LogP contribution in [-0.2, 0) is 5.41 Å².